The van der Waals surface area contributed by atoms with E-state index in [1.807, 2.05) is 12.1 Å². The number of imide groups is 2. The Bertz CT molecular complexity index is 1460. The van der Waals surface area contributed by atoms with E-state index in [2.05, 4.69) is 69.2 Å². The van der Waals surface area contributed by atoms with Crippen LogP contribution in [0.5, 0.6) is 0 Å². The average molecular weight is 687 g/mol. The maximum Gasteiger partial charge on any atom is 0.261 e. The first-order valence-electron chi connectivity index (χ1n) is 19.9. The molecule has 2 aromatic carbocycles. The third kappa shape index (κ3) is 8.53. The van der Waals surface area contributed by atoms with Gasteiger partial charge in [-0.05, 0) is 58.8 Å². The van der Waals surface area contributed by atoms with Crippen molar-refractivity contribution in [1.82, 2.24) is 9.80 Å². The van der Waals surface area contributed by atoms with Gasteiger partial charge in [-0.1, -0.05) is 146 Å². The minimum Gasteiger partial charge on any atom is -0.274 e. The molecule has 0 saturated heterocycles. The quantitative estimate of drug-likeness (QED) is 0.116. The zero-order valence-electron chi connectivity index (χ0n) is 33.2. The van der Waals surface area contributed by atoms with Crippen LogP contribution < -0.4 is 0 Å². The molecule has 276 valence electrons. The van der Waals surface area contributed by atoms with Gasteiger partial charge in [0.2, 0.25) is 0 Å². The van der Waals surface area contributed by atoms with E-state index in [-0.39, 0.29) is 35.5 Å². The van der Waals surface area contributed by atoms with Crippen LogP contribution in [0.2, 0.25) is 0 Å². The van der Waals surface area contributed by atoms with Gasteiger partial charge < -0.3 is 0 Å². The second-order valence-electron chi connectivity index (χ2n) is 17.7. The predicted molar refractivity (Wildman–Crippen MR) is 206 cm³/mol. The van der Waals surface area contributed by atoms with Gasteiger partial charge in [-0.2, -0.15) is 0 Å². The van der Waals surface area contributed by atoms with Gasteiger partial charge >= 0.3 is 0 Å². The van der Waals surface area contributed by atoms with Gasteiger partial charge in [0.25, 0.3) is 23.6 Å². The molecule has 6 heteroatoms. The third-order valence-corrected chi connectivity index (χ3v) is 11.0. The zero-order valence-corrected chi connectivity index (χ0v) is 33.2. The lowest BCUT2D eigenvalue weighted by molar-refractivity contribution is 0.0562. The molecule has 2 heterocycles. The van der Waals surface area contributed by atoms with E-state index in [0.717, 1.165) is 36.8 Å². The number of carbonyl (C=O) groups excluding carboxylic acids is 4. The second-order valence-corrected chi connectivity index (χ2v) is 17.7. The molecule has 0 spiro atoms. The van der Waals surface area contributed by atoms with E-state index in [0.29, 0.717) is 46.1 Å². The molecular weight excluding hydrogens is 620 g/mol. The molecule has 2 aliphatic rings. The molecule has 0 bridgehead atoms. The SMILES string of the molecule is CCCCCCCCC(C)CN1C(=O)c2cc(C(C)(C)C)c3c4c(cc(C(C)(C)C)c(c24)C1=O)C(=O)N(CC(C)CCCCCCCC)C3=O. The first kappa shape index (κ1) is 39.8. The van der Waals surface area contributed by atoms with Crippen LogP contribution in [0.1, 0.15) is 212 Å². The van der Waals surface area contributed by atoms with Crippen molar-refractivity contribution in [3.63, 3.8) is 0 Å². The van der Waals surface area contributed by atoms with E-state index < -0.39 is 10.8 Å². The summed E-state index contributed by atoms with van der Waals surface area (Å²) >= 11 is 0. The van der Waals surface area contributed by atoms with Crippen LogP contribution in [-0.4, -0.2) is 46.5 Å². The summed E-state index contributed by atoms with van der Waals surface area (Å²) in [6.07, 6.45) is 16.3. The highest BCUT2D eigenvalue weighted by Gasteiger charge is 2.45. The molecule has 0 saturated carbocycles. The summed E-state index contributed by atoms with van der Waals surface area (Å²) in [6, 6.07) is 3.76. The Hall–Kier alpha value is -3.02. The smallest absolute Gasteiger partial charge is 0.261 e. The van der Waals surface area contributed by atoms with Crippen LogP contribution in [0.25, 0.3) is 10.8 Å². The van der Waals surface area contributed by atoms with E-state index in [4.69, 9.17) is 0 Å². The summed E-state index contributed by atoms with van der Waals surface area (Å²) in [5, 5.41) is 0.985. The number of hydrogen-bond donors (Lipinski definition) is 0. The van der Waals surface area contributed by atoms with Crippen molar-refractivity contribution in [2.24, 2.45) is 11.8 Å². The fourth-order valence-corrected chi connectivity index (χ4v) is 8.03. The van der Waals surface area contributed by atoms with Crippen LogP contribution >= 0.6 is 0 Å². The highest BCUT2D eigenvalue weighted by atomic mass is 16.2. The first-order valence-corrected chi connectivity index (χ1v) is 19.9. The highest BCUT2D eigenvalue weighted by molar-refractivity contribution is 6.34. The maximum atomic E-state index is 14.6. The van der Waals surface area contributed by atoms with Crippen LogP contribution in [0, 0.1) is 11.8 Å². The number of hydrogen-bond acceptors (Lipinski definition) is 4. The largest absolute Gasteiger partial charge is 0.274 e. The van der Waals surface area contributed by atoms with Crippen molar-refractivity contribution in [2.45, 2.75) is 170 Å². The lowest BCUT2D eigenvalue weighted by Gasteiger charge is -2.38. The van der Waals surface area contributed by atoms with Crippen molar-refractivity contribution in [3.8, 4) is 0 Å². The normalized spacial score (nSPS) is 16.2. The van der Waals surface area contributed by atoms with Crippen molar-refractivity contribution in [3.05, 3.63) is 45.5 Å². The molecule has 0 aliphatic carbocycles. The van der Waals surface area contributed by atoms with Crippen LogP contribution in [0.4, 0.5) is 0 Å². The van der Waals surface area contributed by atoms with Gasteiger partial charge in [0.1, 0.15) is 0 Å². The van der Waals surface area contributed by atoms with E-state index in [1.165, 1.54) is 74.0 Å². The Morgan fingerprint density at radius 2 is 0.820 bits per heavy atom. The van der Waals surface area contributed by atoms with Crippen molar-refractivity contribution in [2.75, 3.05) is 13.1 Å². The first-order chi connectivity index (χ1) is 23.5. The lowest BCUT2D eigenvalue weighted by Crippen LogP contribution is -2.47. The summed E-state index contributed by atoms with van der Waals surface area (Å²) in [5.74, 6) is -0.920. The number of benzene rings is 2. The van der Waals surface area contributed by atoms with Gasteiger partial charge in [-0.3, -0.25) is 29.0 Å². The van der Waals surface area contributed by atoms with Gasteiger partial charge in [-0.25, -0.2) is 0 Å². The topological polar surface area (TPSA) is 74.8 Å². The Labute approximate surface area is 303 Å². The molecule has 2 atom stereocenters. The third-order valence-electron chi connectivity index (χ3n) is 11.0. The van der Waals surface area contributed by atoms with Crippen molar-refractivity contribution in [1.29, 1.82) is 0 Å². The molecule has 4 amide bonds. The van der Waals surface area contributed by atoms with Crippen molar-refractivity contribution >= 4 is 34.4 Å². The molecule has 2 aromatic rings. The zero-order chi connectivity index (χ0) is 37.0. The summed E-state index contributed by atoms with van der Waals surface area (Å²) in [7, 11) is 0. The monoisotopic (exact) mass is 687 g/mol. The molecule has 0 fully saturated rings. The number of carbonyl (C=O) groups is 4. The van der Waals surface area contributed by atoms with Gasteiger partial charge in [-0.15, -0.1) is 0 Å². The number of rotatable bonds is 18. The molecule has 2 aliphatic heterocycles. The summed E-state index contributed by atoms with van der Waals surface area (Å²) < 4.78 is 0. The number of nitrogens with zero attached hydrogens (tertiary/aromatic N) is 2. The highest BCUT2D eigenvalue weighted by Crippen LogP contribution is 2.46. The van der Waals surface area contributed by atoms with Crippen LogP contribution in [-0.2, 0) is 10.8 Å². The van der Waals surface area contributed by atoms with Crippen molar-refractivity contribution < 1.29 is 19.2 Å². The lowest BCUT2D eigenvalue weighted by atomic mass is 9.72. The Morgan fingerprint density at radius 1 is 0.500 bits per heavy atom. The van der Waals surface area contributed by atoms with E-state index in [1.54, 1.807) is 0 Å². The Kier molecular flexibility index (Phi) is 13.2. The fourth-order valence-electron chi connectivity index (χ4n) is 8.03. The molecule has 6 nitrogen and oxygen atoms in total. The van der Waals surface area contributed by atoms with Gasteiger partial charge in [0.15, 0.2) is 0 Å². The minimum absolute atomic E-state index is 0.166. The number of unbranched alkanes of at least 4 members (excludes halogenated alkanes) is 10. The minimum atomic E-state index is -0.483. The summed E-state index contributed by atoms with van der Waals surface area (Å²) in [6.45, 7) is 21.7. The molecule has 4 rings (SSSR count). The number of amides is 4. The molecule has 0 N–H and O–H groups in total. The predicted octanol–water partition coefficient (Wildman–Crippen LogP) is 11.4. The second kappa shape index (κ2) is 16.5. The van der Waals surface area contributed by atoms with E-state index >= 15 is 0 Å². The molecular formula is C44H66N2O4. The standard InChI is InChI=1S/C44H66N2O4/c1-11-13-15-17-19-21-23-29(3)27-45-39(47)31-25-34(44(8,9)10)38-36-32(26-33(43(5,6)7)37(35(31)36)41(45)49)40(48)46(42(38)50)28-30(4)24-22-20-18-16-14-12-2/h25-26,29-30H,11-24,27-28H2,1-10H3. The molecule has 0 radical (unpaired) electrons. The molecule has 2 unspecified atom stereocenters. The van der Waals surface area contributed by atoms with Crippen LogP contribution in [0.3, 0.4) is 0 Å². The van der Waals surface area contributed by atoms with Gasteiger partial charge in [0, 0.05) is 35.0 Å². The van der Waals surface area contributed by atoms with E-state index in [9.17, 15) is 19.2 Å². The molecule has 50 heavy (non-hydrogen) atoms. The maximum absolute atomic E-state index is 14.6. The summed E-state index contributed by atoms with van der Waals surface area (Å²) in [4.78, 5) is 60.9. The molecule has 0 aromatic heterocycles. The Morgan fingerprint density at radius 3 is 1.14 bits per heavy atom. The Balaban J connectivity index is 1.76. The van der Waals surface area contributed by atoms with Crippen LogP contribution in [0.15, 0.2) is 12.1 Å². The fraction of sp³-hybridized carbons (Fsp3) is 0.682. The van der Waals surface area contributed by atoms with Gasteiger partial charge in [0.05, 0.1) is 11.1 Å². The summed E-state index contributed by atoms with van der Waals surface area (Å²) in [5.41, 5.74) is 2.37. The average Bonchev–Trinajstić information content (AvgIpc) is 3.04.